The number of aromatic nitrogens is 1. The molecule has 0 spiro atoms. The molecule has 0 saturated carbocycles. The van der Waals surface area contributed by atoms with E-state index in [-0.39, 0.29) is 23.0 Å². The van der Waals surface area contributed by atoms with Crippen molar-refractivity contribution < 1.29 is 18.7 Å². The first-order chi connectivity index (χ1) is 16.5. The van der Waals surface area contributed by atoms with Crippen molar-refractivity contribution in [2.24, 2.45) is 0 Å². The van der Waals surface area contributed by atoms with Crippen LogP contribution in [0.5, 0.6) is 0 Å². The Bertz CT molecular complexity index is 1170. The van der Waals surface area contributed by atoms with Crippen LogP contribution >= 0.6 is 11.3 Å². The fourth-order valence-electron chi connectivity index (χ4n) is 4.08. The predicted molar refractivity (Wildman–Crippen MR) is 132 cm³/mol. The Morgan fingerprint density at radius 1 is 1.18 bits per heavy atom. The van der Waals surface area contributed by atoms with E-state index in [1.807, 2.05) is 36.4 Å². The Morgan fingerprint density at radius 3 is 2.65 bits per heavy atom. The van der Waals surface area contributed by atoms with E-state index < -0.39 is 0 Å². The molecule has 4 rings (SSSR count). The number of anilines is 2. The lowest BCUT2D eigenvalue weighted by Crippen LogP contribution is -2.44. The summed E-state index contributed by atoms with van der Waals surface area (Å²) < 4.78 is 19.4. The summed E-state index contributed by atoms with van der Waals surface area (Å²) >= 11 is 1.33. The van der Waals surface area contributed by atoms with Gasteiger partial charge >= 0.3 is 0 Å². The Hall–Kier alpha value is -3.36. The molecule has 1 fully saturated rings. The fourth-order valence-corrected chi connectivity index (χ4v) is 4.94. The Morgan fingerprint density at radius 2 is 1.94 bits per heavy atom. The van der Waals surface area contributed by atoms with Crippen molar-refractivity contribution in [1.29, 1.82) is 0 Å². The zero-order chi connectivity index (χ0) is 24.0. The molecular weight excluding hydrogens is 453 g/mol. The van der Waals surface area contributed by atoms with Crippen molar-refractivity contribution in [3.05, 3.63) is 83.1 Å². The van der Waals surface area contributed by atoms with Gasteiger partial charge in [0, 0.05) is 43.6 Å². The number of ether oxygens (including phenoxy) is 1. The van der Waals surface area contributed by atoms with Gasteiger partial charge in [-0.3, -0.25) is 14.5 Å². The van der Waals surface area contributed by atoms with Gasteiger partial charge in [-0.1, -0.05) is 30.3 Å². The number of halogens is 1. The SMILES string of the molecule is CC(=O)N(c1ccccc1)c1nc(/C=C/C(=O)NCC2(c3cccc(F)c3)CCOCC2)cs1. The number of rotatable bonds is 7. The fraction of sp³-hybridized carbons (Fsp3) is 0.269. The third-order valence-electron chi connectivity index (χ3n) is 5.92. The summed E-state index contributed by atoms with van der Waals surface area (Å²) in [6, 6.07) is 15.9. The summed E-state index contributed by atoms with van der Waals surface area (Å²) in [6.07, 6.45) is 4.46. The van der Waals surface area contributed by atoms with E-state index in [4.69, 9.17) is 4.74 Å². The van der Waals surface area contributed by atoms with Gasteiger partial charge in [0.15, 0.2) is 5.13 Å². The quantitative estimate of drug-likeness (QED) is 0.492. The summed E-state index contributed by atoms with van der Waals surface area (Å²) in [5.41, 5.74) is 1.82. The van der Waals surface area contributed by atoms with E-state index in [0.717, 1.165) is 11.3 Å². The van der Waals surface area contributed by atoms with Crippen LogP contribution in [-0.2, 0) is 19.7 Å². The molecule has 1 saturated heterocycles. The standard InChI is InChI=1S/C26H26FN3O3S/c1-19(31)30(23-8-3-2-4-9-23)25-29-22(17-34-25)10-11-24(32)28-18-26(12-14-33-15-13-26)20-6-5-7-21(27)16-20/h2-11,16-17H,12-15,18H2,1H3,(H,28,32)/b11-10+. The second-order valence-electron chi connectivity index (χ2n) is 8.20. The number of nitrogens with zero attached hydrogens (tertiary/aromatic N) is 2. The van der Waals surface area contributed by atoms with Crippen LogP contribution < -0.4 is 10.2 Å². The average molecular weight is 480 g/mol. The van der Waals surface area contributed by atoms with E-state index in [0.29, 0.717) is 43.4 Å². The molecule has 0 unspecified atom stereocenters. The number of hydrogen-bond acceptors (Lipinski definition) is 5. The molecule has 2 heterocycles. The monoisotopic (exact) mass is 479 g/mol. The molecule has 1 aliphatic heterocycles. The summed E-state index contributed by atoms with van der Waals surface area (Å²) in [6.45, 7) is 3.01. The number of thiazole rings is 1. The first kappa shape index (κ1) is 23.8. The number of benzene rings is 2. The Labute approximate surface area is 202 Å². The van der Waals surface area contributed by atoms with Crippen LogP contribution in [0.1, 0.15) is 31.0 Å². The Balaban J connectivity index is 1.43. The highest BCUT2D eigenvalue weighted by molar-refractivity contribution is 7.14. The zero-order valence-corrected chi connectivity index (χ0v) is 19.7. The minimum absolute atomic E-state index is 0.145. The van der Waals surface area contributed by atoms with Crippen LogP contribution in [-0.4, -0.2) is 36.6 Å². The maximum Gasteiger partial charge on any atom is 0.244 e. The van der Waals surface area contributed by atoms with Gasteiger partial charge < -0.3 is 10.1 Å². The second kappa shape index (κ2) is 10.7. The first-order valence-corrected chi connectivity index (χ1v) is 12.0. The van der Waals surface area contributed by atoms with Crippen LogP contribution in [0.4, 0.5) is 15.2 Å². The molecule has 3 aromatic rings. The van der Waals surface area contributed by atoms with Gasteiger partial charge in [-0.05, 0) is 48.7 Å². The summed E-state index contributed by atoms with van der Waals surface area (Å²) in [5.74, 6) is -0.694. The van der Waals surface area contributed by atoms with Crippen molar-refractivity contribution in [1.82, 2.24) is 10.3 Å². The summed E-state index contributed by atoms with van der Waals surface area (Å²) in [7, 11) is 0. The van der Waals surface area contributed by atoms with Gasteiger partial charge in [0.25, 0.3) is 0 Å². The van der Waals surface area contributed by atoms with Crippen LogP contribution in [0, 0.1) is 5.82 Å². The number of hydrogen-bond donors (Lipinski definition) is 1. The van der Waals surface area contributed by atoms with Crippen molar-refractivity contribution >= 4 is 40.0 Å². The largest absolute Gasteiger partial charge is 0.381 e. The highest BCUT2D eigenvalue weighted by Crippen LogP contribution is 2.34. The van der Waals surface area contributed by atoms with E-state index in [2.05, 4.69) is 10.3 Å². The van der Waals surface area contributed by atoms with Crippen molar-refractivity contribution in [3.63, 3.8) is 0 Å². The Kier molecular flexibility index (Phi) is 7.49. The van der Waals surface area contributed by atoms with E-state index in [9.17, 15) is 14.0 Å². The molecule has 0 atom stereocenters. The molecule has 8 heteroatoms. The topological polar surface area (TPSA) is 71.5 Å². The molecule has 34 heavy (non-hydrogen) atoms. The van der Waals surface area contributed by atoms with Crippen LogP contribution in [0.25, 0.3) is 6.08 Å². The highest BCUT2D eigenvalue weighted by atomic mass is 32.1. The molecule has 6 nitrogen and oxygen atoms in total. The molecule has 1 aliphatic rings. The lowest BCUT2D eigenvalue weighted by atomic mass is 9.74. The van der Waals surface area contributed by atoms with Gasteiger partial charge in [0.2, 0.25) is 11.8 Å². The van der Waals surface area contributed by atoms with E-state index >= 15 is 0 Å². The first-order valence-electron chi connectivity index (χ1n) is 11.1. The molecule has 2 amide bonds. The number of para-hydroxylation sites is 1. The lowest BCUT2D eigenvalue weighted by molar-refractivity contribution is -0.117. The van der Waals surface area contributed by atoms with E-state index in [1.54, 1.807) is 17.5 Å². The molecule has 0 bridgehead atoms. The lowest BCUT2D eigenvalue weighted by Gasteiger charge is -2.37. The molecule has 0 aliphatic carbocycles. The minimum Gasteiger partial charge on any atom is -0.381 e. The molecular formula is C26H26FN3O3S. The number of carbonyl (C=O) groups is 2. The van der Waals surface area contributed by atoms with Crippen LogP contribution in [0.3, 0.4) is 0 Å². The zero-order valence-electron chi connectivity index (χ0n) is 18.9. The summed E-state index contributed by atoms with van der Waals surface area (Å²) in [4.78, 5) is 30.8. The maximum atomic E-state index is 13.9. The second-order valence-corrected chi connectivity index (χ2v) is 9.04. The van der Waals surface area contributed by atoms with Crippen molar-refractivity contribution in [3.8, 4) is 0 Å². The minimum atomic E-state index is -0.366. The van der Waals surface area contributed by atoms with Gasteiger partial charge in [-0.25, -0.2) is 9.37 Å². The molecule has 0 radical (unpaired) electrons. The normalized spacial score (nSPS) is 15.2. The number of amides is 2. The predicted octanol–water partition coefficient (Wildman–Crippen LogP) is 4.84. The van der Waals surface area contributed by atoms with Crippen LogP contribution in [0.2, 0.25) is 0 Å². The van der Waals surface area contributed by atoms with Crippen LogP contribution in [0.15, 0.2) is 66.1 Å². The van der Waals surface area contributed by atoms with Crippen molar-refractivity contribution in [2.75, 3.05) is 24.7 Å². The highest BCUT2D eigenvalue weighted by Gasteiger charge is 2.35. The third kappa shape index (κ3) is 5.58. The molecule has 2 aromatic carbocycles. The number of nitrogens with one attached hydrogen (secondary N) is 1. The average Bonchev–Trinajstić information content (AvgIpc) is 3.31. The van der Waals surface area contributed by atoms with Crippen molar-refractivity contribution in [2.45, 2.75) is 25.2 Å². The van der Waals surface area contributed by atoms with E-state index in [1.165, 1.54) is 41.4 Å². The molecule has 1 aromatic heterocycles. The van der Waals surface area contributed by atoms with Gasteiger partial charge in [0.1, 0.15) is 5.82 Å². The maximum absolute atomic E-state index is 13.9. The third-order valence-corrected chi connectivity index (χ3v) is 6.77. The van der Waals surface area contributed by atoms with Gasteiger partial charge in [-0.15, -0.1) is 11.3 Å². The number of carbonyl (C=O) groups excluding carboxylic acids is 2. The smallest absolute Gasteiger partial charge is 0.244 e. The van der Waals surface area contributed by atoms with Gasteiger partial charge in [0.05, 0.1) is 11.4 Å². The summed E-state index contributed by atoms with van der Waals surface area (Å²) in [5, 5.41) is 5.29. The molecule has 1 N–H and O–H groups in total. The molecule has 176 valence electrons. The van der Waals surface area contributed by atoms with Gasteiger partial charge in [-0.2, -0.15) is 0 Å².